The van der Waals surface area contributed by atoms with Crippen LogP contribution in [0.1, 0.15) is 63.0 Å². The number of rotatable bonds is 8. The molecule has 5 nitrogen and oxygen atoms in total. The summed E-state index contributed by atoms with van der Waals surface area (Å²) in [5, 5.41) is 0. The number of Topliss-reactive ketones (excluding diaryl/α,β-unsaturated/α-hetero) is 1. The highest BCUT2D eigenvalue weighted by molar-refractivity contribution is 5.79. The Bertz CT molecular complexity index is 605. The molecule has 1 aromatic rings. The molecule has 1 aliphatic heterocycles. The SMILES string of the molecule is COC(=O)[C@@H]1CC[C@H](CC(=O)CCCN2CCC[C@H]2c2cccnc2)C1. The van der Waals surface area contributed by atoms with Crippen LogP contribution in [0, 0.1) is 11.8 Å². The Labute approximate surface area is 156 Å². The molecular weight excluding hydrogens is 328 g/mol. The molecule has 0 spiro atoms. The van der Waals surface area contributed by atoms with Crippen LogP contribution >= 0.6 is 0 Å². The van der Waals surface area contributed by atoms with Crippen molar-refractivity contribution >= 4 is 11.8 Å². The number of nitrogens with zero attached hydrogens (tertiary/aromatic N) is 2. The predicted octanol–water partition coefficient (Wildman–Crippen LogP) is 3.55. The normalized spacial score (nSPS) is 26.1. The molecule has 2 fully saturated rings. The lowest BCUT2D eigenvalue weighted by Crippen LogP contribution is -2.25. The monoisotopic (exact) mass is 358 g/mol. The van der Waals surface area contributed by atoms with Crippen LogP contribution in [-0.4, -0.2) is 41.8 Å². The van der Waals surface area contributed by atoms with Crippen molar-refractivity contribution in [1.29, 1.82) is 0 Å². The Kier molecular flexibility index (Phi) is 6.78. The van der Waals surface area contributed by atoms with Crippen molar-refractivity contribution in [2.45, 2.75) is 57.4 Å². The minimum atomic E-state index is -0.115. The number of hydrogen-bond donors (Lipinski definition) is 0. The second-order valence-electron chi connectivity index (χ2n) is 7.73. The lowest BCUT2D eigenvalue weighted by atomic mass is 9.97. The van der Waals surface area contributed by atoms with Crippen molar-refractivity contribution < 1.29 is 14.3 Å². The van der Waals surface area contributed by atoms with Gasteiger partial charge in [0.1, 0.15) is 5.78 Å². The van der Waals surface area contributed by atoms with Crippen molar-refractivity contribution in [2.24, 2.45) is 11.8 Å². The maximum atomic E-state index is 12.3. The van der Waals surface area contributed by atoms with E-state index in [1.165, 1.54) is 25.5 Å². The Morgan fingerprint density at radius 2 is 2.19 bits per heavy atom. The molecule has 26 heavy (non-hydrogen) atoms. The Morgan fingerprint density at radius 1 is 1.31 bits per heavy atom. The molecule has 2 aliphatic rings. The summed E-state index contributed by atoms with van der Waals surface area (Å²) in [6.45, 7) is 2.08. The van der Waals surface area contributed by atoms with Gasteiger partial charge in [0.15, 0.2) is 0 Å². The number of ether oxygens (including phenoxy) is 1. The zero-order valence-electron chi connectivity index (χ0n) is 15.7. The van der Waals surface area contributed by atoms with Crippen molar-refractivity contribution in [3.63, 3.8) is 0 Å². The summed E-state index contributed by atoms with van der Waals surface area (Å²) in [5.74, 6) is 0.595. The van der Waals surface area contributed by atoms with Gasteiger partial charge in [0.25, 0.3) is 0 Å². The van der Waals surface area contributed by atoms with Gasteiger partial charge in [-0.2, -0.15) is 0 Å². The summed E-state index contributed by atoms with van der Waals surface area (Å²) < 4.78 is 4.82. The molecule has 0 bridgehead atoms. The molecule has 1 saturated heterocycles. The van der Waals surface area contributed by atoms with Crippen LogP contribution in [0.15, 0.2) is 24.5 Å². The van der Waals surface area contributed by atoms with Crippen molar-refractivity contribution in [3.05, 3.63) is 30.1 Å². The lowest BCUT2D eigenvalue weighted by molar-refractivity contribution is -0.145. The summed E-state index contributed by atoms with van der Waals surface area (Å²) in [6, 6.07) is 4.60. The van der Waals surface area contributed by atoms with Crippen LogP contribution in [0.2, 0.25) is 0 Å². The quantitative estimate of drug-likeness (QED) is 0.665. The Morgan fingerprint density at radius 3 is 2.96 bits per heavy atom. The van der Waals surface area contributed by atoms with Crippen molar-refractivity contribution in [2.75, 3.05) is 20.2 Å². The van der Waals surface area contributed by atoms with Gasteiger partial charge in [-0.3, -0.25) is 19.5 Å². The van der Waals surface area contributed by atoms with Gasteiger partial charge < -0.3 is 4.74 Å². The van der Waals surface area contributed by atoms with E-state index in [1.807, 2.05) is 18.5 Å². The Balaban J connectivity index is 1.38. The van der Waals surface area contributed by atoms with E-state index in [0.717, 1.165) is 38.8 Å². The molecule has 0 radical (unpaired) electrons. The van der Waals surface area contributed by atoms with Crippen molar-refractivity contribution in [3.8, 4) is 0 Å². The molecule has 3 atom stereocenters. The number of aromatic nitrogens is 1. The van der Waals surface area contributed by atoms with Crippen LogP contribution in [0.25, 0.3) is 0 Å². The van der Waals surface area contributed by atoms with Crippen LogP contribution in [-0.2, 0) is 14.3 Å². The van der Waals surface area contributed by atoms with Gasteiger partial charge in [0, 0.05) is 31.3 Å². The van der Waals surface area contributed by atoms with Crippen LogP contribution < -0.4 is 0 Å². The molecular formula is C21H30N2O3. The number of hydrogen-bond acceptors (Lipinski definition) is 5. The minimum absolute atomic E-state index is 0.00244. The van der Waals surface area contributed by atoms with E-state index in [9.17, 15) is 9.59 Å². The van der Waals surface area contributed by atoms with E-state index in [1.54, 1.807) is 0 Å². The van der Waals surface area contributed by atoms with Gasteiger partial charge in [-0.15, -0.1) is 0 Å². The summed E-state index contributed by atoms with van der Waals surface area (Å²) in [5.41, 5.74) is 1.29. The van der Waals surface area contributed by atoms with E-state index in [2.05, 4.69) is 16.0 Å². The third kappa shape index (κ3) is 4.91. The average Bonchev–Trinajstić information content (AvgIpc) is 3.31. The topological polar surface area (TPSA) is 59.5 Å². The molecule has 5 heteroatoms. The van der Waals surface area contributed by atoms with E-state index in [4.69, 9.17) is 4.74 Å². The molecule has 0 amide bonds. The van der Waals surface area contributed by atoms with Gasteiger partial charge in [-0.05, 0) is 69.2 Å². The molecule has 0 N–H and O–H groups in total. The molecule has 0 aromatic carbocycles. The van der Waals surface area contributed by atoms with Gasteiger partial charge in [-0.1, -0.05) is 6.07 Å². The van der Waals surface area contributed by atoms with E-state index < -0.39 is 0 Å². The first kappa shape index (κ1) is 19.0. The maximum Gasteiger partial charge on any atom is 0.308 e. The number of esters is 1. The number of carbonyl (C=O) groups is 2. The molecule has 1 aliphatic carbocycles. The predicted molar refractivity (Wildman–Crippen MR) is 99.5 cm³/mol. The zero-order valence-corrected chi connectivity index (χ0v) is 15.7. The number of pyridine rings is 1. The highest BCUT2D eigenvalue weighted by atomic mass is 16.5. The molecule has 2 heterocycles. The second kappa shape index (κ2) is 9.26. The highest BCUT2D eigenvalue weighted by Gasteiger charge is 2.31. The van der Waals surface area contributed by atoms with Gasteiger partial charge in [0.05, 0.1) is 13.0 Å². The molecule has 1 saturated carbocycles. The van der Waals surface area contributed by atoms with Crippen LogP contribution in [0.5, 0.6) is 0 Å². The lowest BCUT2D eigenvalue weighted by Gasteiger charge is -2.24. The van der Waals surface area contributed by atoms with Gasteiger partial charge in [0.2, 0.25) is 0 Å². The minimum Gasteiger partial charge on any atom is -0.469 e. The summed E-state index contributed by atoms with van der Waals surface area (Å²) in [4.78, 5) is 30.7. The third-order valence-electron chi connectivity index (χ3n) is 5.93. The Hall–Kier alpha value is -1.75. The highest BCUT2D eigenvalue weighted by Crippen LogP contribution is 2.34. The largest absolute Gasteiger partial charge is 0.469 e. The smallest absolute Gasteiger partial charge is 0.308 e. The fourth-order valence-electron chi connectivity index (χ4n) is 4.59. The number of likely N-dealkylation sites (tertiary alicyclic amines) is 1. The van der Waals surface area contributed by atoms with Crippen molar-refractivity contribution in [1.82, 2.24) is 9.88 Å². The zero-order chi connectivity index (χ0) is 18.4. The number of methoxy groups -OCH3 is 1. The standard InChI is InChI=1S/C21H30N2O3/c1-26-21(25)17-9-8-16(13-17)14-19(24)6-3-11-23-12-4-7-20(23)18-5-2-10-22-15-18/h2,5,10,15-17,20H,3-4,6-9,11-14H2,1H3/t16-,17+,20-/m0/s1. The third-order valence-corrected chi connectivity index (χ3v) is 5.93. The maximum absolute atomic E-state index is 12.3. The first-order valence-electron chi connectivity index (χ1n) is 9.91. The number of ketones is 1. The molecule has 0 unspecified atom stereocenters. The van der Waals surface area contributed by atoms with E-state index >= 15 is 0 Å². The fourth-order valence-corrected chi connectivity index (χ4v) is 4.59. The van der Waals surface area contributed by atoms with Crippen LogP contribution in [0.3, 0.4) is 0 Å². The number of carbonyl (C=O) groups excluding carboxylic acids is 2. The first-order valence-corrected chi connectivity index (χ1v) is 9.91. The summed E-state index contributed by atoms with van der Waals surface area (Å²) in [6.07, 6.45) is 11.0. The fraction of sp³-hybridized carbons (Fsp3) is 0.667. The average molecular weight is 358 g/mol. The summed E-state index contributed by atoms with van der Waals surface area (Å²) in [7, 11) is 1.44. The summed E-state index contributed by atoms with van der Waals surface area (Å²) >= 11 is 0. The molecule has 142 valence electrons. The molecule has 3 rings (SSSR count). The van der Waals surface area contributed by atoms with E-state index in [0.29, 0.717) is 30.6 Å². The second-order valence-corrected chi connectivity index (χ2v) is 7.73. The van der Waals surface area contributed by atoms with E-state index in [-0.39, 0.29) is 11.9 Å². The van der Waals surface area contributed by atoms with Crippen LogP contribution in [0.4, 0.5) is 0 Å². The van der Waals surface area contributed by atoms with Gasteiger partial charge in [-0.25, -0.2) is 0 Å². The first-order chi connectivity index (χ1) is 12.7. The van der Waals surface area contributed by atoms with Gasteiger partial charge >= 0.3 is 5.97 Å². The molecule has 1 aromatic heterocycles.